The lowest BCUT2D eigenvalue weighted by molar-refractivity contribution is -0.866. The quantitative estimate of drug-likeness (QED) is 0.161. The van der Waals surface area contributed by atoms with Crippen molar-refractivity contribution in [2.45, 2.75) is 83.5 Å². The van der Waals surface area contributed by atoms with E-state index in [1.54, 1.807) is 0 Å². The first-order valence-corrected chi connectivity index (χ1v) is 32.6. The van der Waals surface area contributed by atoms with E-state index in [1.165, 1.54) is 67.5 Å². The molecule has 16 bridgehead atoms. The number of aromatic nitrogens is 3. The minimum Gasteiger partial charge on any atom is -0.332 e. The van der Waals surface area contributed by atoms with Gasteiger partial charge in [0.05, 0.1) is 17.1 Å². The summed E-state index contributed by atoms with van der Waals surface area (Å²) in [4.78, 5) is 36.5. The van der Waals surface area contributed by atoms with E-state index in [2.05, 4.69) is 230 Å². The van der Waals surface area contributed by atoms with E-state index in [0.717, 1.165) is 191 Å². The molecule has 7 aromatic carbocycles. The van der Waals surface area contributed by atoms with E-state index < -0.39 is 0 Å². The Morgan fingerprint density at radius 2 is 0.708 bits per heavy atom. The number of nitrogens with zero attached hydrogens (tertiary/aromatic N) is 9. The van der Waals surface area contributed by atoms with Crippen LogP contribution in [0.5, 0.6) is 17.2 Å². The van der Waals surface area contributed by atoms with Crippen molar-refractivity contribution in [2.24, 2.45) is 5.92 Å². The van der Waals surface area contributed by atoms with Gasteiger partial charge in [0, 0.05) is 54.5 Å². The van der Waals surface area contributed by atoms with Crippen LogP contribution in [-0.2, 0) is 38.5 Å². The summed E-state index contributed by atoms with van der Waals surface area (Å²) >= 11 is 0. The van der Waals surface area contributed by atoms with Crippen LogP contribution < -0.4 is 58.1 Å². The molecule has 0 aliphatic carbocycles. The molecule has 1 unspecified atom stereocenters. The Hall–Kier alpha value is -9.81. The summed E-state index contributed by atoms with van der Waals surface area (Å²) < 4.78 is 6.06. The van der Waals surface area contributed by atoms with Crippen molar-refractivity contribution in [3.8, 4) is 50.6 Å². The van der Waals surface area contributed by atoms with E-state index in [1.807, 2.05) is 14.2 Å². The molecule has 0 saturated heterocycles. The minimum atomic E-state index is 0.492. The number of fused-ring (bicyclic) bond motifs is 5. The number of rotatable bonds is 3. The zero-order chi connectivity index (χ0) is 58.5. The Morgan fingerprint density at radius 1 is 0.326 bits per heavy atom. The van der Waals surface area contributed by atoms with Gasteiger partial charge >= 0.3 is 17.5 Å². The van der Waals surface area contributed by atoms with Crippen molar-refractivity contribution in [1.82, 2.24) is 0 Å². The van der Waals surface area contributed by atoms with Crippen LogP contribution in [0.25, 0.3) is 33.4 Å². The zero-order valence-corrected chi connectivity index (χ0v) is 50.3. The summed E-state index contributed by atoms with van der Waals surface area (Å²) in [5, 5.41) is 0. The lowest BCUT2D eigenvalue weighted by Gasteiger charge is -2.24. The molecule has 13 heterocycles. The first-order valence-electron chi connectivity index (χ1n) is 32.6. The van der Waals surface area contributed by atoms with E-state index in [-0.39, 0.29) is 0 Å². The van der Waals surface area contributed by atoms with Gasteiger partial charge < -0.3 is 14.7 Å². The van der Waals surface area contributed by atoms with Crippen LogP contribution in [0.2, 0.25) is 0 Å². The van der Waals surface area contributed by atoms with Crippen LogP contribution in [0.4, 0.5) is 51.6 Å². The van der Waals surface area contributed by atoms with Gasteiger partial charge in [0.25, 0.3) is 0 Å². The fraction of sp³-hybridized carbons (Fsp3) is 0.260. The number of pyridine rings is 3. The lowest BCUT2D eigenvalue weighted by atomic mass is 9.88. The Balaban J connectivity index is 0.745. The number of anilines is 9. The Labute approximate surface area is 520 Å². The van der Waals surface area contributed by atoms with E-state index >= 15 is 0 Å². The number of hydrogen-bond donors (Lipinski definition) is 0. The molecule has 10 aliphatic heterocycles. The maximum atomic E-state index is 7.04. The molecule has 12 nitrogen and oxygen atoms in total. The maximum absolute atomic E-state index is 7.04. The molecule has 12 heteroatoms. The van der Waals surface area contributed by atoms with Crippen LogP contribution in [0, 0.1) is 5.92 Å². The summed E-state index contributed by atoms with van der Waals surface area (Å²) in [6.07, 6.45) is 19.9. The molecule has 10 aromatic rings. The summed E-state index contributed by atoms with van der Waals surface area (Å²) in [6.45, 7) is 5.13. The molecule has 0 radical (unpaired) electrons. The summed E-state index contributed by atoms with van der Waals surface area (Å²) in [5.74, 6) is 6.54. The third-order valence-corrected chi connectivity index (χ3v) is 20.3. The molecule has 440 valence electrons. The Kier molecular flexibility index (Phi) is 12.6. The Morgan fingerprint density at radius 3 is 1.15 bits per heavy atom. The summed E-state index contributed by atoms with van der Waals surface area (Å²) in [6, 6.07) is 67.7. The zero-order valence-electron chi connectivity index (χ0n) is 50.3. The van der Waals surface area contributed by atoms with Gasteiger partial charge in [0.15, 0.2) is 20.0 Å². The third-order valence-electron chi connectivity index (χ3n) is 20.3. The van der Waals surface area contributed by atoms with Crippen LogP contribution in [-0.4, -0.2) is 39.6 Å². The summed E-state index contributed by atoms with van der Waals surface area (Å²) in [7, 11) is 0. The lowest BCUT2D eigenvalue weighted by Crippen LogP contribution is -2.48. The summed E-state index contributed by atoms with van der Waals surface area (Å²) in [5.41, 5.74) is 22.5. The topological polar surface area (TPSA) is 58.8 Å². The SMILES string of the molecule is c1ccc(-c2ccc3c4c2O[n+]2ccc5cc2N4CN3CCCc2ccc3c(c2)CCCN2CN4c6c2ccc(-c2ccccc2)c6O[n+]2ccc(cc24)CCCC(CC5)CCc2cc[n+]4c(c2)N2CN(CCC3)c3ccc(-c5ccccc5)c(c32)O4)cc1. The third kappa shape index (κ3) is 9.11. The van der Waals surface area contributed by atoms with Gasteiger partial charge in [-0.15, -0.1) is 0 Å². The number of aryl methyl sites for hydroxylation is 6. The highest BCUT2D eigenvalue weighted by Crippen LogP contribution is 2.55. The molecule has 0 saturated carbocycles. The van der Waals surface area contributed by atoms with Gasteiger partial charge in [-0.05, 0) is 202 Å². The fourth-order valence-electron chi connectivity index (χ4n) is 15.7. The maximum Gasteiger partial charge on any atom is 0.323 e. The largest absolute Gasteiger partial charge is 0.332 e. The van der Waals surface area contributed by atoms with E-state index in [9.17, 15) is 0 Å². The van der Waals surface area contributed by atoms with Crippen LogP contribution in [0.1, 0.15) is 78.3 Å². The van der Waals surface area contributed by atoms with Gasteiger partial charge in [-0.1, -0.05) is 116 Å². The molecule has 0 fully saturated rings. The minimum absolute atomic E-state index is 0.492. The number of hydrogen-bond acceptors (Lipinski definition) is 9. The molecule has 1 atom stereocenters. The van der Waals surface area contributed by atoms with Crippen molar-refractivity contribution in [3.05, 3.63) is 234 Å². The highest BCUT2D eigenvalue weighted by atomic mass is 16.7. The van der Waals surface area contributed by atoms with Crippen molar-refractivity contribution < 1.29 is 28.7 Å². The monoisotopic (exact) mass is 1170 g/mol. The molecule has 3 aromatic heterocycles. The average molecular weight is 1170 g/mol. The van der Waals surface area contributed by atoms with E-state index in [4.69, 9.17) is 14.5 Å². The predicted molar refractivity (Wildman–Crippen MR) is 351 cm³/mol. The second-order valence-electron chi connectivity index (χ2n) is 25.7. The van der Waals surface area contributed by atoms with E-state index in [0.29, 0.717) is 5.92 Å². The second-order valence-corrected chi connectivity index (χ2v) is 25.7. The smallest absolute Gasteiger partial charge is 0.323 e. The molecule has 0 amide bonds. The second kappa shape index (κ2) is 21.5. The van der Waals surface area contributed by atoms with Crippen LogP contribution >= 0.6 is 0 Å². The fourth-order valence-corrected chi connectivity index (χ4v) is 15.7. The molecular weight excluding hydrogens is 1100 g/mol. The molecule has 20 rings (SSSR count). The molecular formula is C77H72N9O3+3. The highest BCUT2D eigenvalue weighted by Gasteiger charge is 2.47. The average Bonchev–Trinajstić information content (AvgIpc) is 1.69. The number of benzene rings is 7. The van der Waals surface area contributed by atoms with Gasteiger partial charge in [-0.25, -0.2) is 14.7 Å². The molecule has 89 heavy (non-hydrogen) atoms. The van der Waals surface area contributed by atoms with Gasteiger partial charge in [0.2, 0.25) is 34.3 Å². The van der Waals surface area contributed by atoms with Crippen LogP contribution in [0.15, 0.2) is 201 Å². The van der Waals surface area contributed by atoms with Gasteiger partial charge in [-0.2, -0.15) is 0 Å². The normalized spacial score (nSPS) is 17.7. The predicted octanol–water partition coefficient (Wildman–Crippen LogP) is 14.5. The molecule has 10 aliphatic rings. The van der Waals surface area contributed by atoms with Crippen molar-refractivity contribution in [3.63, 3.8) is 0 Å². The first-order chi connectivity index (χ1) is 44.1. The van der Waals surface area contributed by atoms with Crippen molar-refractivity contribution in [1.29, 1.82) is 0 Å². The molecule has 0 spiro atoms. The first kappa shape index (κ1) is 52.3. The molecule has 0 N–H and O–H groups in total. The Bertz CT molecular complexity index is 4430. The van der Waals surface area contributed by atoms with Gasteiger partial charge in [-0.3, -0.25) is 14.5 Å². The van der Waals surface area contributed by atoms with Crippen molar-refractivity contribution in [2.75, 3.05) is 69.0 Å². The van der Waals surface area contributed by atoms with Crippen molar-refractivity contribution >= 4 is 51.6 Å². The van der Waals surface area contributed by atoms with Gasteiger partial charge in [0.1, 0.15) is 18.6 Å². The highest BCUT2D eigenvalue weighted by molar-refractivity contribution is 5.95. The standard InChI is InChI=1S/C77H72N9O3/c1-4-17-59(18-5-1)63-31-34-66-72-75(63)88-85-44-38-56-27-25-53-14-10-15-55-37-43-84-69(47-55)81-52-80(68-36-33-64(76(87-84)73(68)81)60-19-6-2-7-20-60)42-13-24-62-46-54(16-11-40-78(66)50-82(72)70(85)48-56)29-30-58(62)23-12-41-79-51-83-71-49-57(28-26-53)39-45-86(71)89-77-65(32-35-67(79)74(77)83)61-21-8-3-9-22-61/h1-9,17-22,29-39,43-49,53H,10-16,23-28,40-42,50-52H2/q+3. The van der Waals surface area contributed by atoms with Crippen LogP contribution in [0.3, 0.4) is 0 Å².